The summed E-state index contributed by atoms with van der Waals surface area (Å²) in [5.41, 5.74) is 0. The summed E-state index contributed by atoms with van der Waals surface area (Å²) in [7, 11) is 0. The first-order valence-corrected chi connectivity index (χ1v) is 5.21. The second-order valence-corrected chi connectivity index (χ2v) is 3.81. The van der Waals surface area contributed by atoms with Crippen LogP contribution in [-0.2, 0) is 0 Å². The molecule has 0 saturated carbocycles. The first kappa shape index (κ1) is 10.5. The monoisotopic (exact) mass is 184 g/mol. The minimum absolute atomic E-state index is 0.250. The summed E-state index contributed by atoms with van der Waals surface area (Å²) in [5, 5.41) is 12.1. The average molecular weight is 184 g/mol. The van der Waals surface area contributed by atoms with Crippen LogP contribution in [0.1, 0.15) is 32.6 Å². The van der Waals surface area contributed by atoms with Crippen LogP contribution in [-0.4, -0.2) is 30.6 Å². The molecule has 1 aliphatic heterocycles. The van der Waals surface area contributed by atoms with Gasteiger partial charge in [-0.1, -0.05) is 13.3 Å². The summed E-state index contributed by atoms with van der Waals surface area (Å²) in [6.07, 6.45) is 4.85. The highest BCUT2D eigenvalue weighted by molar-refractivity contribution is 5.82. The fourth-order valence-electron chi connectivity index (χ4n) is 1.37. The minimum Gasteiger partial charge on any atom is -0.396 e. The van der Waals surface area contributed by atoms with Crippen LogP contribution in [0.2, 0.25) is 0 Å². The van der Waals surface area contributed by atoms with Crippen LogP contribution < -0.4 is 5.32 Å². The maximum Gasteiger partial charge on any atom is 0.0963 e. The lowest BCUT2D eigenvalue weighted by Crippen LogP contribution is -2.29. The van der Waals surface area contributed by atoms with Crippen molar-refractivity contribution in [1.29, 1.82) is 0 Å². The summed E-state index contributed by atoms with van der Waals surface area (Å²) in [6.45, 7) is 4.09. The Hall–Kier alpha value is -0.570. The van der Waals surface area contributed by atoms with E-state index in [9.17, 15) is 0 Å². The number of aliphatic imine (C=N–C) groups is 1. The number of nitrogens with zero attached hydrogens (tertiary/aromatic N) is 1. The fraction of sp³-hybridized carbons (Fsp3) is 0.900. The summed E-state index contributed by atoms with van der Waals surface area (Å²) in [5.74, 6) is 1.46. The van der Waals surface area contributed by atoms with Gasteiger partial charge >= 0.3 is 0 Å². The predicted octanol–water partition coefficient (Wildman–Crippen LogP) is 1.18. The van der Waals surface area contributed by atoms with Crippen LogP contribution in [0.4, 0.5) is 0 Å². The summed E-state index contributed by atoms with van der Waals surface area (Å²) < 4.78 is 0. The second-order valence-electron chi connectivity index (χ2n) is 3.81. The van der Waals surface area contributed by atoms with Gasteiger partial charge < -0.3 is 10.4 Å². The standard InChI is InChI=1S/C10H20N2O/c1-9(8-13)7-12-10-5-3-2-4-6-11-10/h9,13H,2-8H2,1H3,(H,11,12). The van der Waals surface area contributed by atoms with E-state index in [1.54, 1.807) is 0 Å². The van der Waals surface area contributed by atoms with Gasteiger partial charge in [0.1, 0.15) is 0 Å². The highest BCUT2D eigenvalue weighted by atomic mass is 16.3. The van der Waals surface area contributed by atoms with E-state index in [1.165, 1.54) is 19.3 Å². The molecule has 1 atom stereocenters. The molecule has 1 heterocycles. The topological polar surface area (TPSA) is 44.6 Å². The quantitative estimate of drug-likeness (QED) is 0.691. The van der Waals surface area contributed by atoms with Gasteiger partial charge in [0.25, 0.3) is 0 Å². The zero-order valence-corrected chi connectivity index (χ0v) is 8.42. The molecule has 3 heteroatoms. The van der Waals surface area contributed by atoms with Crippen molar-refractivity contribution < 1.29 is 5.11 Å². The fourth-order valence-corrected chi connectivity index (χ4v) is 1.37. The maximum atomic E-state index is 8.84. The average Bonchev–Trinajstić information content (AvgIpc) is 2.42. The van der Waals surface area contributed by atoms with Gasteiger partial charge in [-0.2, -0.15) is 0 Å². The predicted molar refractivity (Wildman–Crippen MR) is 55.0 cm³/mol. The molecule has 0 aromatic carbocycles. The molecular weight excluding hydrogens is 164 g/mol. The molecule has 1 aliphatic rings. The van der Waals surface area contributed by atoms with E-state index in [-0.39, 0.29) is 6.61 Å². The molecule has 0 saturated heterocycles. The smallest absolute Gasteiger partial charge is 0.0963 e. The molecule has 0 fully saturated rings. The van der Waals surface area contributed by atoms with Crippen molar-refractivity contribution in [3.05, 3.63) is 0 Å². The van der Waals surface area contributed by atoms with Crippen LogP contribution in [0, 0.1) is 5.92 Å². The van der Waals surface area contributed by atoms with Crippen molar-refractivity contribution in [2.45, 2.75) is 32.6 Å². The lowest BCUT2D eigenvalue weighted by Gasteiger charge is -2.11. The molecule has 1 unspecified atom stereocenters. The summed E-state index contributed by atoms with van der Waals surface area (Å²) in [6, 6.07) is 0. The van der Waals surface area contributed by atoms with Gasteiger partial charge in [0, 0.05) is 26.1 Å². The molecule has 0 bridgehead atoms. The third kappa shape index (κ3) is 4.27. The SMILES string of the molecule is CC(CO)CNC1=NCCCCC1. The van der Waals surface area contributed by atoms with E-state index < -0.39 is 0 Å². The number of hydrogen-bond donors (Lipinski definition) is 2. The molecule has 0 amide bonds. The Morgan fingerprint density at radius 1 is 1.46 bits per heavy atom. The first-order chi connectivity index (χ1) is 6.33. The van der Waals surface area contributed by atoms with E-state index in [0.29, 0.717) is 5.92 Å². The van der Waals surface area contributed by atoms with E-state index in [0.717, 1.165) is 25.3 Å². The van der Waals surface area contributed by atoms with Gasteiger partial charge in [-0.25, -0.2) is 0 Å². The zero-order valence-electron chi connectivity index (χ0n) is 8.42. The van der Waals surface area contributed by atoms with Crippen LogP contribution in [0.5, 0.6) is 0 Å². The van der Waals surface area contributed by atoms with Gasteiger partial charge in [0.15, 0.2) is 0 Å². The van der Waals surface area contributed by atoms with Gasteiger partial charge in [-0.15, -0.1) is 0 Å². The van der Waals surface area contributed by atoms with Crippen LogP contribution in [0.3, 0.4) is 0 Å². The van der Waals surface area contributed by atoms with Crippen molar-refractivity contribution in [2.75, 3.05) is 19.7 Å². The molecule has 2 N–H and O–H groups in total. The van der Waals surface area contributed by atoms with Crippen molar-refractivity contribution in [3.8, 4) is 0 Å². The van der Waals surface area contributed by atoms with E-state index in [1.807, 2.05) is 6.92 Å². The van der Waals surface area contributed by atoms with Crippen molar-refractivity contribution in [3.63, 3.8) is 0 Å². The van der Waals surface area contributed by atoms with Crippen LogP contribution in [0.15, 0.2) is 4.99 Å². The minimum atomic E-state index is 0.250. The van der Waals surface area contributed by atoms with E-state index in [4.69, 9.17) is 5.11 Å². The molecule has 0 radical (unpaired) electrons. The Labute approximate surface area is 80.3 Å². The molecule has 0 aromatic rings. The molecule has 76 valence electrons. The van der Waals surface area contributed by atoms with E-state index >= 15 is 0 Å². The molecular formula is C10H20N2O. The lowest BCUT2D eigenvalue weighted by atomic mass is 10.2. The lowest BCUT2D eigenvalue weighted by molar-refractivity contribution is 0.238. The Morgan fingerprint density at radius 3 is 3.08 bits per heavy atom. The van der Waals surface area contributed by atoms with Gasteiger partial charge in [-0.05, 0) is 18.8 Å². The Kier molecular flexibility index (Phi) is 4.83. The van der Waals surface area contributed by atoms with Gasteiger partial charge in [0.05, 0.1) is 5.84 Å². The molecule has 13 heavy (non-hydrogen) atoms. The molecule has 0 spiro atoms. The van der Waals surface area contributed by atoms with Gasteiger partial charge in [0.2, 0.25) is 0 Å². The number of aliphatic hydroxyl groups excluding tert-OH is 1. The van der Waals surface area contributed by atoms with Crippen LogP contribution >= 0.6 is 0 Å². The Bertz CT molecular complexity index is 168. The summed E-state index contributed by atoms with van der Waals surface area (Å²) in [4.78, 5) is 4.45. The molecule has 0 aliphatic carbocycles. The normalized spacial score (nSPS) is 20.3. The largest absolute Gasteiger partial charge is 0.396 e. The van der Waals surface area contributed by atoms with Crippen molar-refractivity contribution in [1.82, 2.24) is 5.32 Å². The first-order valence-electron chi connectivity index (χ1n) is 5.21. The van der Waals surface area contributed by atoms with Crippen LogP contribution in [0.25, 0.3) is 0 Å². The van der Waals surface area contributed by atoms with Crippen molar-refractivity contribution >= 4 is 5.84 Å². The molecule has 0 aromatic heterocycles. The number of nitrogens with one attached hydrogen (secondary N) is 1. The van der Waals surface area contributed by atoms with Gasteiger partial charge in [-0.3, -0.25) is 4.99 Å². The Balaban J connectivity index is 2.22. The maximum absolute atomic E-state index is 8.84. The molecule has 1 rings (SSSR count). The number of amidine groups is 1. The third-order valence-corrected chi connectivity index (χ3v) is 2.34. The highest BCUT2D eigenvalue weighted by Gasteiger charge is 2.05. The molecule has 3 nitrogen and oxygen atoms in total. The number of rotatable bonds is 3. The highest BCUT2D eigenvalue weighted by Crippen LogP contribution is 2.06. The van der Waals surface area contributed by atoms with Crippen molar-refractivity contribution in [2.24, 2.45) is 10.9 Å². The number of hydrogen-bond acceptors (Lipinski definition) is 3. The van der Waals surface area contributed by atoms with E-state index in [2.05, 4.69) is 10.3 Å². The third-order valence-electron chi connectivity index (χ3n) is 2.34. The zero-order chi connectivity index (χ0) is 9.52. The Morgan fingerprint density at radius 2 is 2.31 bits per heavy atom. The number of aliphatic hydroxyl groups is 1. The second kappa shape index (κ2) is 5.97. The summed E-state index contributed by atoms with van der Waals surface area (Å²) >= 11 is 0.